The molecule has 1 aliphatic heterocycles. The molecule has 5 rings (SSSR count). The van der Waals surface area contributed by atoms with E-state index in [-0.39, 0.29) is 28.4 Å². The number of rotatable bonds is 3. The second kappa shape index (κ2) is 8.88. The highest BCUT2D eigenvalue weighted by atomic mass is 35.5. The molecule has 1 N–H and O–H groups in total. The molecule has 6 nitrogen and oxygen atoms in total. The first-order valence-corrected chi connectivity index (χ1v) is 11.5. The number of amides is 1. The van der Waals surface area contributed by atoms with Crippen LogP contribution in [0.4, 0.5) is 13.2 Å². The van der Waals surface area contributed by atoms with Crippen LogP contribution in [0.2, 0.25) is 5.02 Å². The van der Waals surface area contributed by atoms with Gasteiger partial charge in [-0.15, -0.1) is 0 Å². The van der Waals surface area contributed by atoms with Crippen LogP contribution in [-0.4, -0.2) is 32.1 Å². The molecule has 0 radical (unpaired) electrons. The van der Waals surface area contributed by atoms with E-state index in [9.17, 15) is 18.0 Å². The zero-order valence-electron chi connectivity index (χ0n) is 19.2. The van der Waals surface area contributed by atoms with Crippen molar-refractivity contribution in [3.8, 4) is 28.5 Å². The molecule has 0 saturated carbocycles. The smallest absolute Gasteiger partial charge is 0.256 e. The van der Waals surface area contributed by atoms with Gasteiger partial charge in [0.15, 0.2) is 0 Å². The van der Waals surface area contributed by atoms with E-state index in [0.29, 0.717) is 28.9 Å². The molecule has 2 aromatic heterocycles. The lowest BCUT2D eigenvalue weighted by atomic mass is 9.94. The first-order chi connectivity index (χ1) is 17.2. The number of carbonyl (C=O) groups excluding carboxylic acids is 1. The monoisotopic (exact) mass is 509 g/mol. The molecule has 0 fully saturated rings. The summed E-state index contributed by atoms with van der Waals surface area (Å²) in [6, 6.07) is 8.59. The highest BCUT2D eigenvalue weighted by Gasteiger charge is 2.34. The Morgan fingerprint density at radius 1 is 1.11 bits per heavy atom. The van der Waals surface area contributed by atoms with Gasteiger partial charge in [0.05, 0.1) is 28.0 Å². The van der Waals surface area contributed by atoms with Gasteiger partial charge in [-0.1, -0.05) is 11.6 Å². The van der Waals surface area contributed by atoms with Crippen LogP contribution in [-0.2, 0) is 13.5 Å². The van der Waals surface area contributed by atoms with Crippen molar-refractivity contribution < 1.29 is 18.0 Å². The largest absolute Gasteiger partial charge is 0.352 e. The molecule has 0 aliphatic carbocycles. The summed E-state index contributed by atoms with van der Waals surface area (Å²) in [7, 11) is 1.68. The van der Waals surface area contributed by atoms with Gasteiger partial charge in [0.2, 0.25) is 0 Å². The number of nitrogens with one attached hydrogen (secondary N) is 1. The summed E-state index contributed by atoms with van der Waals surface area (Å²) in [4.78, 5) is 17.9. The molecule has 0 bridgehead atoms. The van der Waals surface area contributed by atoms with Crippen molar-refractivity contribution in [2.24, 2.45) is 7.05 Å². The Hall–Kier alpha value is -4.03. The molecule has 36 heavy (non-hydrogen) atoms. The number of fused-ring (bicyclic) bond motifs is 1. The second-order valence-corrected chi connectivity index (χ2v) is 9.03. The number of aryl methyl sites for hydroxylation is 1. The lowest BCUT2D eigenvalue weighted by Crippen LogP contribution is -2.39. The van der Waals surface area contributed by atoms with Crippen molar-refractivity contribution in [1.82, 2.24) is 19.7 Å². The van der Waals surface area contributed by atoms with Crippen LogP contribution in [0.15, 0.2) is 42.6 Å². The molecular formula is C26H19ClF3N5O. The van der Waals surface area contributed by atoms with Crippen molar-refractivity contribution in [2.75, 3.05) is 6.54 Å². The van der Waals surface area contributed by atoms with E-state index in [4.69, 9.17) is 16.9 Å². The number of nitrogens with zero attached hydrogens (tertiary/aromatic N) is 4. The predicted octanol–water partition coefficient (Wildman–Crippen LogP) is 5.78. The van der Waals surface area contributed by atoms with Gasteiger partial charge >= 0.3 is 0 Å². The molecule has 0 unspecified atom stereocenters. The van der Waals surface area contributed by atoms with Crippen LogP contribution in [0.3, 0.4) is 0 Å². The SMILES string of the molecule is C[C@H]1c2nn(C)c(-c3cc(F)cc(F)c3)c2CCN1C(=O)c1cc(F)cc(-c2c[nH]c(C#N)c2)c1Cl. The average Bonchev–Trinajstić information content (AvgIpc) is 3.44. The molecule has 0 saturated heterocycles. The Morgan fingerprint density at radius 3 is 2.47 bits per heavy atom. The van der Waals surface area contributed by atoms with Crippen molar-refractivity contribution in [3.05, 3.63) is 87.6 Å². The molecule has 10 heteroatoms. The Labute approximate surface area is 209 Å². The quantitative estimate of drug-likeness (QED) is 0.380. The van der Waals surface area contributed by atoms with Crippen LogP contribution in [0.25, 0.3) is 22.4 Å². The van der Waals surface area contributed by atoms with E-state index in [1.165, 1.54) is 30.5 Å². The Bertz CT molecular complexity index is 1550. The summed E-state index contributed by atoms with van der Waals surface area (Å²) in [5.41, 5.74) is 3.36. The topological polar surface area (TPSA) is 77.7 Å². The first-order valence-electron chi connectivity index (χ1n) is 11.1. The summed E-state index contributed by atoms with van der Waals surface area (Å²) in [5.74, 6) is -2.50. The number of aromatic amines is 1. The predicted molar refractivity (Wildman–Crippen MR) is 128 cm³/mol. The fourth-order valence-electron chi connectivity index (χ4n) is 4.80. The van der Waals surface area contributed by atoms with Gasteiger partial charge < -0.3 is 9.88 Å². The minimum Gasteiger partial charge on any atom is -0.352 e. The first kappa shape index (κ1) is 23.7. The van der Waals surface area contributed by atoms with Gasteiger partial charge in [0, 0.05) is 48.1 Å². The number of benzene rings is 2. The van der Waals surface area contributed by atoms with Crippen LogP contribution in [0, 0.1) is 28.8 Å². The Morgan fingerprint density at radius 2 is 1.81 bits per heavy atom. The number of nitriles is 1. The summed E-state index contributed by atoms with van der Waals surface area (Å²) in [6.45, 7) is 2.06. The van der Waals surface area contributed by atoms with Gasteiger partial charge in [-0.05, 0) is 43.7 Å². The molecule has 1 amide bonds. The summed E-state index contributed by atoms with van der Waals surface area (Å²) in [5, 5.41) is 13.7. The number of H-pyrrole nitrogens is 1. The van der Waals surface area contributed by atoms with Crippen molar-refractivity contribution in [3.63, 3.8) is 0 Å². The zero-order chi connectivity index (χ0) is 25.7. The van der Waals surface area contributed by atoms with E-state index >= 15 is 0 Å². The number of aromatic nitrogens is 3. The third-order valence-electron chi connectivity index (χ3n) is 6.42. The lowest BCUT2D eigenvalue weighted by Gasteiger charge is -2.33. The number of hydrogen-bond donors (Lipinski definition) is 1. The highest BCUT2D eigenvalue weighted by Crippen LogP contribution is 2.38. The van der Waals surface area contributed by atoms with E-state index in [1.54, 1.807) is 23.6 Å². The van der Waals surface area contributed by atoms with Gasteiger partial charge in [-0.2, -0.15) is 10.4 Å². The maximum absolute atomic E-state index is 14.6. The summed E-state index contributed by atoms with van der Waals surface area (Å²) < 4.78 is 43.9. The lowest BCUT2D eigenvalue weighted by molar-refractivity contribution is 0.0673. The summed E-state index contributed by atoms with van der Waals surface area (Å²) in [6.07, 6.45) is 1.91. The van der Waals surface area contributed by atoms with Crippen LogP contribution in [0.5, 0.6) is 0 Å². The van der Waals surface area contributed by atoms with E-state index in [2.05, 4.69) is 10.1 Å². The third kappa shape index (κ3) is 3.93. The number of hydrogen-bond acceptors (Lipinski definition) is 3. The van der Waals surface area contributed by atoms with E-state index in [0.717, 1.165) is 17.7 Å². The number of halogens is 4. The maximum atomic E-state index is 14.6. The fraction of sp³-hybridized carbons (Fsp3) is 0.192. The van der Waals surface area contributed by atoms with Gasteiger partial charge in [-0.3, -0.25) is 9.48 Å². The van der Waals surface area contributed by atoms with Crippen LogP contribution >= 0.6 is 11.6 Å². The summed E-state index contributed by atoms with van der Waals surface area (Å²) >= 11 is 6.57. The third-order valence-corrected chi connectivity index (χ3v) is 6.83. The minimum absolute atomic E-state index is 0.00923. The van der Waals surface area contributed by atoms with Crippen LogP contribution < -0.4 is 0 Å². The minimum atomic E-state index is -0.693. The molecule has 4 aromatic rings. The Balaban J connectivity index is 1.52. The Kier molecular flexibility index (Phi) is 5.85. The van der Waals surface area contributed by atoms with E-state index < -0.39 is 29.4 Å². The molecule has 2 aromatic carbocycles. The molecule has 1 atom stereocenters. The van der Waals surface area contributed by atoms with Crippen molar-refractivity contribution in [1.29, 1.82) is 5.26 Å². The second-order valence-electron chi connectivity index (χ2n) is 8.65. The maximum Gasteiger partial charge on any atom is 0.256 e. The molecule has 182 valence electrons. The zero-order valence-corrected chi connectivity index (χ0v) is 20.0. The van der Waals surface area contributed by atoms with E-state index in [1.807, 2.05) is 6.07 Å². The van der Waals surface area contributed by atoms with Crippen LogP contribution in [0.1, 0.15) is 40.3 Å². The van der Waals surface area contributed by atoms with Gasteiger partial charge in [0.25, 0.3) is 5.91 Å². The molecule has 0 spiro atoms. The van der Waals surface area contributed by atoms with Crippen molar-refractivity contribution >= 4 is 17.5 Å². The van der Waals surface area contributed by atoms with Gasteiger partial charge in [-0.25, -0.2) is 13.2 Å². The standard InChI is InChI=1S/C26H19ClF3N5O/c1-13-24-20(25(34(2)33-24)14-5-16(28)8-17(29)6-14)3-4-35(13)26(36)22-10-18(30)9-21(23(22)27)15-7-19(11-31)32-12-15/h5-10,12-13,32H,3-4H2,1-2H3/t13-/m0/s1. The molecular weight excluding hydrogens is 491 g/mol. The van der Waals surface area contributed by atoms with Gasteiger partial charge in [0.1, 0.15) is 29.2 Å². The van der Waals surface area contributed by atoms with Crippen molar-refractivity contribution in [2.45, 2.75) is 19.4 Å². The average molecular weight is 510 g/mol. The normalized spacial score (nSPS) is 15.0. The highest BCUT2D eigenvalue weighted by molar-refractivity contribution is 6.36. The molecule has 3 heterocycles. The molecule has 1 aliphatic rings. The number of carbonyl (C=O) groups is 1. The fourth-order valence-corrected chi connectivity index (χ4v) is 5.10.